The van der Waals surface area contributed by atoms with E-state index in [1.165, 1.54) is 17.4 Å². The number of aromatic nitrogens is 1. The summed E-state index contributed by atoms with van der Waals surface area (Å²) < 4.78 is 16.3. The number of aliphatic hydroxyl groups is 1. The van der Waals surface area contributed by atoms with E-state index in [0.29, 0.717) is 33.1 Å². The summed E-state index contributed by atoms with van der Waals surface area (Å²) in [6.07, 6.45) is 1.61. The standard InChI is InChI=1S/C21H18ClFN4O2S/c1-11-7-12(9-28)19(22)16(8-11)27(29)26-15-4-2-3-13(20(15)23)14-10-30-17-5-6-25-21(24)18(14)17/h2-8,10,26,28-29H,9H2,1H3,(H2,24,25). The van der Waals surface area contributed by atoms with Gasteiger partial charge in [0.05, 0.1) is 17.3 Å². The molecule has 6 nitrogen and oxygen atoms in total. The minimum absolute atomic E-state index is 0.0416. The Kier molecular flexibility index (Phi) is 5.48. The first-order chi connectivity index (χ1) is 14.4. The van der Waals surface area contributed by atoms with Gasteiger partial charge in [0, 0.05) is 32.8 Å². The number of hydrogen-bond donors (Lipinski definition) is 4. The Morgan fingerprint density at radius 1 is 1.27 bits per heavy atom. The molecule has 154 valence electrons. The smallest absolute Gasteiger partial charge is 0.156 e. The maximum atomic E-state index is 15.4. The number of aliphatic hydroxyl groups excluding tert-OH is 1. The van der Waals surface area contributed by atoms with Crippen LogP contribution in [-0.4, -0.2) is 15.3 Å². The van der Waals surface area contributed by atoms with E-state index in [1.807, 2.05) is 11.4 Å². The number of halogens is 2. The first-order valence-corrected chi connectivity index (χ1v) is 10.2. The highest BCUT2D eigenvalue weighted by molar-refractivity contribution is 7.17. The number of fused-ring (bicyclic) bond motifs is 1. The summed E-state index contributed by atoms with van der Waals surface area (Å²) in [5, 5.41) is 23.3. The number of aryl methyl sites for hydroxylation is 1. The van der Waals surface area contributed by atoms with E-state index < -0.39 is 5.82 Å². The average Bonchev–Trinajstić information content (AvgIpc) is 3.16. The van der Waals surface area contributed by atoms with Gasteiger partial charge < -0.3 is 10.8 Å². The van der Waals surface area contributed by atoms with E-state index in [1.54, 1.807) is 37.4 Å². The second-order valence-corrected chi connectivity index (χ2v) is 8.01. The van der Waals surface area contributed by atoms with Crippen LogP contribution in [0, 0.1) is 12.7 Å². The Balaban J connectivity index is 1.73. The van der Waals surface area contributed by atoms with E-state index in [4.69, 9.17) is 17.3 Å². The molecule has 0 atom stereocenters. The highest BCUT2D eigenvalue weighted by Crippen LogP contribution is 2.39. The highest BCUT2D eigenvalue weighted by Gasteiger charge is 2.18. The van der Waals surface area contributed by atoms with Gasteiger partial charge in [-0.2, -0.15) is 5.17 Å². The van der Waals surface area contributed by atoms with Crippen molar-refractivity contribution in [2.45, 2.75) is 13.5 Å². The largest absolute Gasteiger partial charge is 0.392 e. The van der Waals surface area contributed by atoms with E-state index >= 15 is 4.39 Å². The Morgan fingerprint density at radius 3 is 2.83 bits per heavy atom. The van der Waals surface area contributed by atoms with Gasteiger partial charge in [-0.05, 0) is 36.2 Å². The molecule has 0 unspecified atom stereocenters. The van der Waals surface area contributed by atoms with E-state index in [9.17, 15) is 10.3 Å². The molecule has 0 saturated carbocycles. The van der Waals surface area contributed by atoms with Gasteiger partial charge >= 0.3 is 0 Å². The van der Waals surface area contributed by atoms with Crippen LogP contribution in [0.4, 0.5) is 21.6 Å². The lowest BCUT2D eigenvalue weighted by atomic mass is 10.0. The van der Waals surface area contributed by atoms with Crippen LogP contribution in [0.15, 0.2) is 48.0 Å². The second kappa shape index (κ2) is 8.08. The zero-order chi connectivity index (χ0) is 21.4. The summed E-state index contributed by atoms with van der Waals surface area (Å²) in [6.45, 7) is 1.51. The molecule has 0 saturated heterocycles. The number of anilines is 3. The summed E-state index contributed by atoms with van der Waals surface area (Å²) in [4.78, 5) is 4.10. The number of thiophene rings is 1. The minimum Gasteiger partial charge on any atom is -0.392 e. The Labute approximate surface area is 180 Å². The van der Waals surface area contributed by atoms with Crippen LogP contribution in [0.1, 0.15) is 11.1 Å². The molecule has 0 aliphatic carbocycles. The van der Waals surface area contributed by atoms with Gasteiger partial charge in [0.15, 0.2) is 5.82 Å². The molecule has 4 rings (SSSR count). The van der Waals surface area contributed by atoms with Crippen molar-refractivity contribution in [2.24, 2.45) is 0 Å². The molecule has 5 N–H and O–H groups in total. The number of rotatable bonds is 5. The number of nitrogens with one attached hydrogen (secondary N) is 1. The maximum absolute atomic E-state index is 15.4. The van der Waals surface area contributed by atoms with Crippen molar-refractivity contribution in [2.75, 3.05) is 16.3 Å². The van der Waals surface area contributed by atoms with Crippen molar-refractivity contribution in [1.82, 2.24) is 4.98 Å². The predicted octanol–water partition coefficient (Wildman–Crippen LogP) is 5.36. The lowest BCUT2D eigenvalue weighted by Gasteiger charge is -2.22. The van der Waals surface area contributed by atoms with Crippen molar-refractivity contribution >= 4 is 50.2 Å². The van der Waals surface area contributed by atoms with Crippen molar-refractivity contribution < 1.29 is 14.7 Å². The normalized spacial score (nSPS) is 11.1. The van der Waals surface area contributed by atoms with Crippen LogP contribution in [0.5, 0.6) is 0 Å². The van der Waals surface area contributed by atoms with Crippen molar-refractivity contribution in [1.29, 1.82) is 0 Å². The van der Waals surface area contributed by atoms with Crippen LogP contribution in [0.25, 0.3) is 21.2 Å². The Bertz CT molecular complexity index is 1250. The fourth-order valence-corrected chi connectivity index (χ4v) is 4.51. The van der Waals surface area contributed by atoms with Crippen molar-refractivity contribution in [3.8, 4) is 11.1 Å². The zero-order valence-corrected chi connectivity index (χ0v) is 17.4. The zero-order valence-electron chi connectivity index (χ0n) is 15.9. The highest BCUT2D eigenvalue weighted by atomic mass is 35.5. The summed E-state index contributed by atoms with van der Waals surface area (Å²) in [5.74, 6) is -0.237. The number of pyridine rings is 1. The van der Waals surface area contributed by atoms with E-state index in [0.717, 1.165) is 10.3 Å². The summed E-state index contributed by atoms with van der Waals surface area (Å²) in [6, 6.07) is 9.96. The fourth-order valence-electron chi connectivity index (χ4n) is 3.30. The average molecular weight is 445 g/mol. The Morgan fingerprint density at radius 2 is 2.07 bits per heavy atom. The predicted molar refractivity (Wildman–Crippen MR) is 119 cm³/mol. The quantitative estimate of drug-likeness (QED) is 0.309. The van der Waals surface area contributed by atoms with Crippen LogP contribution >= 0.6 is 22.9 Å². The molecule has 4 aromatic rings. The molecule has 2 heterocycles. The molecule has 0 fully saturated rings. The molecule has 0 spiro atoms. The van der Waals surface area contributed by atoms with Gasteiger partial charge in [0.2, 0.25) is 0 Å². The molecule has 0 aliphatic rings. The molecule has 2 aromatic heterocycles. The lowest BCUT2D eigenvalue weighted by molar-refractivity contribution is 0.273. The molecule has 0 radical (unpaired) electrons. The molecule has 0 amide bonds. The van der Waals surface area contributed by atoms with Crippen LogP contribution in [0.2, 0.25) is 5.02 Å². The first kappa shape index (κ1) is 20.4. The van der Waals surface area contributed by atoms with E-state index in [-0.39, 0.29) is 23.0 Å². The van der Waals surface area contributed by atoms with Crippen LogP contribution < -0.4 is 16.3 Å². The van der Waals surface area contributed by atoms with Crippen LogP contribution in [-0.2, 0) is 6.61 Å². The summed E-state index contributed by atoms with van der Waals surface area (Å²) >= 11 is 7.71. The fraction of sp³-hybridized carbons (Fsp3) is 0.0952. The monoisotopic (exact) mass is 444 g/mol. The SMILES string of the molecule is Cc1cc(CO)c(Cl)c(N(O)Nc2cccc(-c3csc4ccnc(N)c34)c2F)c1. The Hall–Kier alpha value is -2.91. The van der Waals surface area contributed by atoms with Gasteiger partial charge in [0.1, 0.15) is 11.5 Å². The number of nitrogens with two attached hydrogens (primary N) is 1. The third-order valence-corrected chi connectivity index (χ3v) is 6.09. The molecule has 30 heavy (non-hydrogen) atoms. The first-order valence-electron chi connectivity index (χ1n) is 8.96. The molecule has 0 bridgehead atoms. The van der Waals surface area contributed by atoms with Gasteiger partial charge in [-0.1, -0.05) is 29.8 Å². The van der Waals surface area contributed by atoms with E-state index in [2.05, 4.69) is 10.4 Å². The third-order valence-electron chi connectivity index (χ3n) is 4.70. The number of nitrogen functional groups attached to an aromatic ring is 1. The molecule has 0 aliphatic heterocycles. The lowest BCUT2D eigenvalue weighted by Crippen LogP contribution is -2.27. The number of hydrogen-bond acceptors (Lipinski definition) is 7. The summed E-state index contributed by atoms with van der Waals surface area (Å²) in [7, 11) is 0. The molecular formula is C21H18ClFN4O2S. The number of benzene rings is 2. The van der Waals surface area contributed by atoms with Gasteiger partial charge in [-0.25, -0.2) is 9.37 Å². The molecule has 2 aromatic carbocycles. The minimum atomic E-state index is -0.564. The second-order valence-electron chi connectivity index (χ2n) is 6.72. The van der Waals surface area contributed by atoms with Crippen molar-refractivity contribution in [3.05, 3.63) is 69.9 Å². The number of hydrazine groups is 1. The molecule has 9 heteroatoms. The summed E-state index contributed by atoms with van der Waals surface area (Å²) in [5.41, 5.74) is 11.1. The topological polar surface area (TPSA) is 94.6 Å². The third kappa shape index (κ3) is 3.54. The van der Waals surface area contributed by atoms with Gasteiger partial charge in [0.25, 0.3) is 0 Å². The molecular weight excluding hydrogens is 427 g/mol. The maximum Gasteiger partial charge on any atom is 0.156 e. The van der Waals surface area contributed by atoms with Gasteiger partial charge in [-0.15, -0.1) is 11.3 Å². The van der Waals surface area contributed by atoms with Gasteiger partial charge in [-0.3, -0.25) is 10.6 Å². The van der Waals surface area contributed by atoms with Crippen molar-refractivity contribution in [3.63, 3.8) is 0 Å². The van der Waals surface area contributed by atoms with Crippen LogP contribution in [0.3, 0.4) is 0 Å². The number of nitrogens with zero attached hydrogens (tertiary/aromatic N) is 2.